The van der Waals surface area contributed by atoms with Gasteiger partial charge in [0.05, 0.1) is 5.02 Å². The van der Waals surface area contributed by atoms with Gasteiger partial charge in [0.1, 0.15) is 5.82 Å². The summed E-state index contributed by atoms with van der Waals surface area (Å²) in [7, 11) is 0. The van der Waals surface area contributed by atoms with E-state index in [4.69, 9.17) is 11.6 Å². The first-order chi connectivity index (χ1) is 10.1. The van der Waals surface area contributed by atoms with Gasteiger partial charge in [-0.2, -0.15) is 0 Å². The standard InChI is InChI=1S/C17H20ClFN2/c1-3-10-21-17(12(2)15-9-4-5-11-20-15)13-7-6-8-14(18)16(13)19/h4-9,11-12,17,21H,3,10H2,1-2H3. The highest BCUT2D eigenvalue weighted by Crippen LogP contribution is 2.33. The summed E-state index contributed by atoms with van der Waals surface area (Å²) in [6.45, 7) is 4.95. The van der Waals surface area contributed by atoms with Crippen LogP contribution in [0.15, 0.2) is 42.6 Å². The lowest BCUT2D eigenvalue weighted by Crippen LogP contribution is -2.28. The van der Waals surface area contributed by atoms with E-state index in [0.29, 0.717) is 5.56 Å². The summed E-state index contributed by atoms with van der Waals surface area (Å²) in [6.07, 6.45) is 2.74. The molecule has 0 saturated carbocycles. The van der Waals surface area contributed by atoms with Gasteiger partial charge in [0.15, 0.2) is 0 Å². The molecule has 1 heterocycles. The van der Waals surface area contributed by atoms with E-state index in [-0.39, 0.29) is 22.8 Å². The van der Waals surface area contributed by atoms with E-state index < -0.39 is 0 Å². The Morgan fingerprint density at radius 3 is 2.71 bits per heavy atom. The van der Waals surface area contributed by atoms with E-state index in [1.165, 1.54) is 0 Å². The average Bonchev–Trinajstić information content (AvgIpc) is 2.52. The molecule has 0 amide bonds. The van der Waals surface area contributed by atoms with E-state index in [1.54, 1.807) is 24.4 Å². The van der Waals surface area contributed by atoms with Crippen LogP contribution in [0.25, 0.3) is 0 Å². The zero-order valence-corrected chi connectivity index (χ0v) is 13.1. The Hall–Kier alpha value is -1.45. The molecule has 2 atom stereocenters. The van der Waals surface area contributed by atoms with Gasteiger partial charge >= 0.3 is 0 Å². The molecule has 2 rings (SSSR count). The second-order valence-corrected chi connectivity index (χ2v) is 5.53. The number of benzene rings is 1. The van der Waals surface area contributed by atoms with Crippen molar-refractivity contribution in [3.8, 4) is 0 Å². The Kier molecular flexibility index (Phi) is 5.71. The second kappa shape index (κ2) is 7.53. The molecule has 2 aromatic rings. The van der Waals surface area contributed by atoms with Crippen LogP contribution in [0.1, 0.15) is 43.5 Å². The monoisotopic (exact) mass is 306 g/mol. The lowest BCUT2D eigenvalue weighted by Gasteiger charge is -2.26. The van der Waals surface area contributed by atoms with Crippen LogP contribution >= 0.6 is 11.6 Å². The molecule has 21 heavy (non-hydrogen) atoms. The summed E-state index contributed by atoms with van der Waals surface area (Å²) >= 11 is 5.92. The highest BCUT2D eigenvalue weighted by molar-refractivity contribution is 6.30. The van der Waals surface area contributed by atoms with Crippen LogP contribution in [0.4, 0.5) is 4.39 Å². The molecule has 4 heteroatoms. The van der Waals surface area contributed by atoms with Gasteiger partial charge in [-0.3, -0.25) is 4.98 Å². The molecule has 2 nitrogen and oxygen atoms in total. The molecule has 1 aromatic heterocycles. The molecule has 1 N–H and O–H groups in total. The van der Waals surface area contributed by atoms with Crippen molar-refractivity contribution in [3.63, 3.8) is 0 Å². The molecule has 0 saturated heterocycles. The van der Waals surface area contributed by atoms with Gasteiger partial charge in [0, 0.05) is 29.4 Å². The molecule has 0 aliphatic heterocycles. The first kappa shape index (κ1) is 15.9. The highest BCUT2D eigenvalue weighted by Gasteiger charge is 2.24. The SMILES string of the molecule is CCCNC(c1cccc(Cl)c1F)C(C)c1ccccn1. The van der Waals surface area contributed by atoms with E-state index in [0.717, 1.165) is 18.7 Å². The molecule has 112 valence electrons. The van der Waals surface area contributed by atoms with Gasteiger partial charge in [0.25, 0.3) is 0 Å². The Bertz CT molecular complexity index is 574. The minimum Gasteiger partial charge on any atom is -0.309 e. The van der Waals surface area contributed by atoms with E-state index >= 15 is 0 Å². The molecule has 0 aliphatic carbocycles. The third-order valence-corrected chi connectivity index (χ3v) is 3.88. The number of rotatable bonds is 6. The maximum absolute atomic E-state index is 14.4. The molecule has 0 spiro atoms. The average molecular weight is 307 g/mol. The summed E-state index contributed by atoms with van der Waals surface area (Å²) < 4.78 is 14.4. The molecule has 0 aliphatic rings. The Balaban J connectivity index is 2.36. The van der Waals surface area contributed by atoms with E-state index in [2.05, 4.69) is 24.1 Å². The van der Waals surface area contributed by atoms with Crippen LogP contribution in [0.3, 0.4) is 0 Å². The Morgan fingerprint density at radius 1 is 1.24 bits per heavy atom. The molecule has 0 fully saturated rings. The second-order valence-electron chi connectivity index (χ2n) is 5.12. The number of hydrogen-bond acceptors (Lipinski definition) is 2. The zero-order valence-electron chi connectivity index (χ0n) is 12.3. The van der Waals surface area contributed by atoms with Crippen molar-refractivity contribution < 1.29 is 4.39 Å². The number of aromatic nitrogens is 1. The summed E-state index contributed by atoms with van der Waals surface area (Å²) in [5.74, 6) is -0.304. The van der Waals surface area contributed by atoms with Gasteiger partial charge in [-0.15, -0.1) is 0 Å². The van der Waals surface area contributed by atoms with Crippen molar-refractivity contribution in [2.75, 3.05) is 6.54 Å². The fraction of sp³-hybridized carbons (Fsp3) is 0.353. The maximum atomic E-state index is 14.4. The minimum absolute atomic E-state index is 0.0470. The first-order valence-corrected chi connectivity index (χ1v) is 7.61. The molecular formula is C17H20ClFN2. The van der Waals surface area contributed by atoms with Gasteiger partial charge in [-0.25, -0.2) is 4.39 Å². The van der Waals surface area contributed by atoms with Gasteiger partial charge in [0.2, 0.25) is 0 Å². The summed E-state index contributed by atoms with van der Waals surface area (Å²) in [5, 5.41) is 3.57. The summed E-state index contributed by atoms with van der Waals surface area (Å²) in [5.41, 5.74) is 1.53. The van der Waals surface area contributed by atoms with Gasteiger partial charge < -0.3 is 5.32 Å². The predicted molar refractivity (Wildman–Crippen MR) is 85.1 cm³/mol. The number of hydrogen-bond donors (Lipinski definition) is 1. The largest absolute Gasteiger partial charge is 0.309 e. The van der Waals surface area contributed by atoms with Crippen LogP contribution in [-0.2, 0) is 0 Å². The lowest BCUT2D eigenvalue weighted by molar-refractivity contribution is 0.440. The fourth-order valence-corrected chi connectivity index (χ4v) is 2.61. The van der Waals surface area contributed by atoms with E-state index in [1.807, 2.05) is 18.2 Å². The Labute approximate surface area is 130 Å². The fourth-order valence-electron chi connectivity index (χ4n) is 2.43. The molecule has 1 aromatic carbocycles. The van der Waals surface area contributed by atoms with Crippen molar-refractivity contribution in [1.82, 2.24) is 10.3 Å². The lowest BCUT2D eigenvalue weighted by atomic mass is 9.91. The quantitative estimate of drug-likeness (QED) is 0.835. The summed E-state index contributed by atoms with van der Waals surface area (Å²) in [6, 6.07) is 10.8. The summed E-state index contributed by atoms with van der Waals surface area (Å²) in [4.78, 5) is 4.39. The number of halogens is 2. The maximum Gasteiger partial charge on any atom is 0.146 e. The van der Waals surface area contributed by atoms with Crippen LogP contribution in [0, 0.1) is 5.82 Å². The topological polar surface area (TPSA) is 24.9 Å². The Morgan fingerprint density at radius 2 is 2.05 bits per heavy atom. The van der Waals surface area contributed by atoms with Crippen LogP contribution in [0.2, 0.25) is 5.02 Å². The van der Waals surface area contributed by atoms with Crippen LogP contribution in [0.5, 0.6) is 0 Å². The van der Waals surface area contributed by atoms with Crippen molar-refractivity contribution >= 4 is 11.6 Å². The third-order valence-electron chi connectivity index (χ3n) is 3.59. The van der Waals surface area contributed by atoms with Gasteiger partial charge in [-0.1, -0.05) is 43.6 Å². The van der Waals surface area contributed by atoms with Crippen molar-refractivity contribution in [1.29, 1.82) is 0 Å². The number of pyridine rings is 1. The van der Waals surface area contributed by atoms with Crippen LogP contribution in [-0.4, -0.2) is 11.5 Å². The zero-order chi connectivity index (χ0) is 15.2. The van der Waals surface area contributed by atoms with E-state index in [9.17, 15) is 4.39 Å². The number of nitrogens with one attached hydrogen (secondary N) is 1. The molecular weight excluding hydrogens is 287 g/mol. The normalized spacial score (nSPS) is 13.9. The molecule has 0 bridgehead atoms. The highest BCUT2D eigenvalue weighted by atomic mass is 35.5. The van der Waals surface area contributed by atoms with Crippen molar-refractivity contribution in [3.05, 3.63) is 64.7 Å². The third kappa shape index (κ3) is 3.80. The molecule has 2 unspecified atom stereocenters. The minimum atomic E-state index is -0.351. The van der Waals surface area contributed by atoms with Gasteiger partial charge in [-0.05, 0) is 31.2 Å². The van der Waals surface area contributed by atoms with Crippen molar-refractivity contribution in [2.45, 2.75) is 32.2 Å². The molecule has 0 radical (unpaired) electrons. The predicted octanol–water partition coefficient (Wildman–Crippen LogP) is 4.72. The van der Waals surface area contributed by atoms with Crippen molar-refractivity contribution in [2.24, 2.45) is 0 Å². The number of nitrogens with zero attached hydrogens (tertiary/aromatic N) is 1. The smallest absolute Gasteiger partial charge is 0.146 e. The first-order valence-electron chi connectivity index (χ1n) is 7.23. The van der Waals surface area contributed by atoms with Crippen LogP contribution < -0.4 is 5.32 Å².